The molecule has 0 saturated carbocycles. The Kier molecular flexibility index (Phi) is 5.68. The van der Waals surface area contributed by atoms with Crippen molar-refractivity contribution in [2.75, 3.05) is 39.4 Å². The lowest BCUT2D eigenvalue weighted by molar-refractivity contribution is -0.138. The van der Waals surface area contributed by atoms with E-state index in [9.17, 15) is 4.79 Å². The molecule has 4 rings (SSSR count). The molecule has 1 amide bonds. The summed E-state index contributed by atoms with van der Waals surface area (Å²) < 4.78 is 7.37. The number of fused-ring (bicyclic) bond motifs is 1. The average Bonchev–Trinajstić information content (AvgIpc) is 3.18. The van der Waals surface area contributed by atoms with Crippen molar-refractivity contribution < 1.29 is 9.53 Å². The van der Waals surface area contributed by atoms with E-state index in [0.717, 1.165) is 30.9 Å². The highest BCUT2D eigenvalue weighted by molar-refractivity contribution is 5.79. The van der Waals surface area contributed by atoms with Gasteiger partial charge in [-0.3, -0.25) is 14.7 Å². The van der Waals surface area contributed by atoms with Gasteiger partial charge in [0.05, 0.1) is 32.3 Å². The Morgan fingerprint density at radius 2 is 2.11 bits per heavy atom. The normalized spacial score (nSPS) is 21.4. The number of pyridine rings is 1. The molecule has 150 valence electrons. The van der Waals surface area contributed by atoms with Crippen LogP contribution < -0.4 is 0 Å². The van der Waals surface area contributed by atoms with Crippen LogP contribution in [0.4, 0.5) is 0 Å². The Labute approximate surface area is 165 Å². The van der Waals surface area contributed by atoms with Gasteiger partial charge >= 0.3 is 0 Å². The minimum absolute atomic E-state index is 0.0507. The molecular formula is C20H28N6O2. The number of hydrogen-bond acceptors (Lipinski definition) is 6. The fourth-order valence-corrected chi connectivity index (χ4v) is 3.94. The van der Waals surface area contributed by atoms with Crippen molar-refractivity contribution >= 4 is 5.91 Å². The Balaban J connectivity index is 1.59. The third-order valence-electron chi connectivity index (χ3n) is 5.74. The summed E-state index contributed by atoms with van der Waals surface area (Å²) in [5, 5.41) is 4.70. The van der Waals surface area contributed by atoms with Gasteiger partial charge in [0, 0.05) is 37.6 Å². The van der Waals surface area contributed by atoms with E-state index < -0.39 is 0 Å². The van der Waals surface area contributed by atoms with Crippen molar-refractivity contribution in [1.82, 2.24) is 29.5 Å². The Morgan fingerprint density at radius 1 is 1.29 bits per heavy atom. The van der Waals surface area contributed by atoms with Crippen LogP contribution in [0.3, 0.4) is 0 Å². The van der Waals surface area contributed by atoms with Crippen LogP contribution in [0.25, 0.3) is 11.4 Å². The molecule has 8 heteroatoms. The van der Waals surface area contributed by atoms with Crippen LogP contribution >= 0.6 is 0 Å². The smallest absolute Gasteiger partial charge is 0.237 e. The quantitative estimate of drug-likeness (QED) is 0.779. The molecule has 0 N–H and O–H groups in total. The molecule has 2 aromatic rings. The summed E-state index contributed by atoms with van der Waals surface area (Å²) in [6.45, 7) is 9.16. The maximum absolute atomic E-state index is 13.2. The van der Waals surface area contributed by atoms with E-state index in [4.69, 9.17) is 14.8 Å². The van der Waals surface area contributed by atoms with E-state index in [0.29, 0.717) is 44.6 Å². The maximum atomic E-state index is 13.2. The standard InChI is InChI=1S/C20H28N6O2/c1-3-15(2)18-20-22-19(16-5-4-6-21-13-16)23-26(20)8-7-25(18)17(27)14-24-9-11-28-12-10-24/h4-6,13,15,18H,3,7-12,14H2,1-2H3/t15-,18-/m0/s1. The lowest BCUT2D eigenvalue weighted by Gasteiger charge is -2.39. The second kappa shape index (κ2) is 8.36. The molecule has 2 aromatic heterocycles. The minimum Gasteiger partial charge on any atom is -0.379 e. The minimum atomic E-state index is -0.0507. The van der Waals surface area contributed by atoms with Gasteiger partial charge in [-0.25, -0.2) is 9.67 Å². The maximum Gasteiger partial charge on any atom is 0.237 e. The van der Waals surface area contributed by atoms with Gasteiger partial charge in [-0.15, -0.1) is 0 Å². The zero-order chi connectivity index (χ0) is 19.5. The predicted molar refractivity (Wildman–Crippen MR) is 104 cm³/mol. The molecule has 0 aromatic carbocycles. The molecule has 2 aliphatic rings. The molecule has 4 heterocycles. The van der Waals surface area contributed by atoms with Gasteiger partial charge in [-0.2, -0.15) is 5.10 Å². The van der Waals surface area contributed by atoms with E-state index >= 15 is 0 Å². The van der Waals surface area contributed by atoms with Crippen LogP contribution in [0, 0.1) is 5.92 Å². The number of morpholine rings is 1. The zero-order valence-corrected chi connectivity index (χ0v) is 16.6. The summed E-state index contributed by atoms with van der Waals surface area (Å²) in [6.07, 6.45) is 4.50. The topological polar surface area (TPSA) is 76.4 Å². The van der Waals surface area contributed by atoms with Crippen LogP contribution in [0.1, 0.15) is 32.1 Å². The van der Waals surface area contributed by atoms with Gasteiger partial charge in [0.2, 0.25) is 5.91 Å². The average molecular weight is 384 g/mol. The summed E-state index contributed by atoms with van der Waals surface area (Å²) in [5.41, 5.74) is 0.901. The number of aromatic nitrogens is 4. The predicted octanol–water partition coefficient (Wildman–Crippen LogP) is 1.60. The Morgan fingerprint density at radius 3 is 2.82 bits per heavy atom. The molecule has 8 nitrogen and oxygen atoms in total. The van der Waals surface area contributed by atoms with Crippen molar-refractivity contribution in [3.8, 4) is 11.4 Å². The first-order valence-corrected chi connectivity index (χ1v) is 10.1. The van der Waals surface area contributed by atoms with E-state index in [2.05, 4.69) is 23.7 Å². The summed E-state index contributed by atoms with van der Waals surface area (Å²) in [4.78, 5) is 26.4. The van der Waals surface area contributed by atoms with Crippen LogP contribution in [-0.2, 0) is 16.1 Å². The Hall–Kier alpha value is -2.32. The van der Waals surface area contributed by atoms with Crippen molar-refractivity contribution in [2.45, 2.75) is 32.9 Å². The Bertz CT molecular complexity index is 802. The monoisotopic (exact) mass is 384 g/mol. The molecule has 2 atom stereocenters. The lowest BCUT2D eigenvalue weighted by atomic mass is 9.95. The summed E-state index contributed by atoms with van der Waals surface area (Å²) in [7, 11) is 0. The molecule has 1 saturated heterocycles. The third-order valence-corrected chi connectivity index (χ3v) is 5.74. The van der Waals surface area contributed by atoms with Gasteiger partial charge in [0.15, 0.2) is 11.6 Å². The second-order valence-corrected chi connectivity index (χ2v) is 7.56. The summed E-state index contributed by atoms with van der Waals surface area (Å²) in [6, 6.07) is 3.80. The van der Waals surface area contributed by atoms with E-state index in [1.165, 1.54) is 0 Å². The van der Waals surface area contributed by atoms with E-state index in [-0.39, 0.29) is 11.9 Å². The SMILES string of the molecule is CC[C@H](C)[C@H]1c2nc(-c3cccnc3)nn2CCN1C(=O)CN1CCOCC1. The van der Waals surface area contributed by atoms with Crippen LogP contribution in [0.2, 0.25) is 0 Å². The van der Waals surface area contributed by atoms with Crippen molar-refractivity contribution in [3.63, 3.8) is 0 Å². The largest absolute Gasteiger partial charge is 0.379 e. The van der Waals surface area contributed by atoms with Gasteiger partial charge in [-0.1, -0.05) is 20.3 Å². The van der Waals surface area contributed by atoms with Gasteiger partial charge in [0.1, 0.15) is 0 Å². The van der Waals surface area contributed by atoms with Gasteiger partial charge in [-0.05, 0) is 18.1 Å². The van der Waals surface area contributed by atoms with Crippen LogP contribution in [0.15, 0.2) is 24.5 Å². The van der Waals surface area contributed by atoms with Gasteiger partial charge in [0.25, 0.3) is 0 Å². The number of nitrogens with zero attached hydrogens (tertiary/aromatic N) is 6. The number of hydrogen-bond donors (Lipinski definition) is 0. The lowest BCUT2D eigenvalue weighted by Crippen LogP contribution is -2.50. The van der Waals surface area contributed by atoms with Crippen molar-refractivity contribution in [1.29, 1.82) is 0 Å². The van der Waals surface area contributed by atoms with E-state index in [1.54, 1.807) is 12.4 Å². The first-order chi connectivity index (χ1) is 13.7. The van der Waals surface area contributed by atoms with Crippen molar-refractivity contribution in [3.05, 3.63) is 30.4 Å². The number of ether oxygens (including phenoxy) is 1. The molecule has 0 aliphatic carbocycles. The van der Waals surface area contributed by atoms with Crippen LogP contribution in [-0.4, -0.2) is 74.8 Å². The molecular weight excluding hydrogens is 356 g/mol. The first kappa shape index (κ1) is 19.0. The van der Waals surface area contributed by atoms with E-state index in [1.807, 2.05) is 21.7 Å². The highest BCUT2D eigenvalue weighted by atomic mass is 16.5. The first-order valence-electron chi connectivity index (χ1n) is 10.1. The summed E-state index contributed by atoms with van der Waals surface area (Å²) in [5.74, 6) is 2.04. The molecule has 0 unspecified atom stereocenters. The number of amides is 1. The molecule has 1 fully saturated rings. The fraction of sp³-hybridized carbons (Fsp3) is 0.600. The molecule has 0 bridgehead atoms. The number of carbonyl (C=O) groups is 1. The highest BCUT2D eigenvalue weighted by Crippen LogP contribution is 2.34. The molecule has 28 heavy (non-hydrogen) atoms. The molecule has 2 aliphatic heterocycles. The van der Waals surface area contributed by atoms with Crippen LogP contribution in [0.5, 0.6) is 0 Å². The molecule has 0 radical (unpaired) electrons. The second-order valence-electron chi connectivity index (χ2n) is 7.56. The number of carbonyl (C=O) groups excluding carboxylic acids is 1. The molecule has 0 spiro atoms. The fourth-order valence-electron chi connectivity index (χ4n) is 3.94. The summed E-state index contributed by atoms with van der Waals surface area (Å²) >= 11 is 0. The highest BCUT2D eigenvalue weighted by Gasteiger charge is 2.37. The van der Waals surface area contributed by atoms with Crippen molar-refractivity contribution in [2.24, 2.45) is 5.92 Å². The zero-order valence-electron chi connectivity index (χ0n) is 16.6. The third kappa shape index (κ3) is 3.79. The van der Waals surface area contributed by atoms with Gasteiger partial charge < -0.3 is 9.64 Å². The number of rotatable bonds is 5.